The second kappa shape index (κ2) is 3.88. The number of nitrogens with zero attached hydrogens (tertiary/aromatic N) is 1. The average molecular weight is 207 g/mol. The maximum Gasteiger partial charge on any atom is 0.354 e. The van der Waals surface area contributed by atoms with E-state index in [4.69, 9.17) is 4.74 Å². The van der Waals surface area contributed by atoms with Crippen LogP contribution in [0.25, 0.3) is 0 Å². The van der Waals surface area contributed by atoms with Crippen molar-refractivity contribution in [3.63, 3.8) is 0 Å². The maximum absolute atomic E-state index is 11.5. The Morgan fingerprint density at radius 1 is 1.53 bits per heavy atom. The molecule has 0 saturated carbocycles. The van der Waals surface area contributed by atoms with Gasteiger partial charge in [0.25, 0.3) is 0 Å². The quantitative estimate of drug-likeness (QED) is 0.693. The van der Waals surface area contributed by atoms with Crippen LogP contribution in [-0.2, 0) is 11.3 Å². The first-order valence-electron chi connectivity index (χ1n) is 5.14. The van der Waals surface area contributed by atoms with Gasteiger partial charge in [0.15, 0.2) is 5.78 Å². The molecule has 1 aliphatic heterocycles. The number of fused-ring (bicyclic) bond motifs is 1. The van der Waals surface area contributed by atoms with Crippen LogP contribution in [-0.4, -0.2) is 22.9 Å². The highest BCUT2D eigenvalue weighted by molar-refractivity contribution is 5.98. The molecule has 80 valence electrons. The van der Waals surface area contributed by atoms with Gasteiger partial charge in [-0.05, 0) is 25.5 Å². The lowest BCUT2D eigenvalue weighted by Crippen LogP contribution is -2.20. The summed E-state index contributed by atoms with van der Waals surface area (Å²) in [6.07, 6.45) is 1.37. The van der Waals surface area contributed by atoms with Crippen molar-refractivity contribution in [2.75, 3.05) is 6.61 Å². The van der Waals surface area contributed by atoms with E-state index >= 15 is 0 Å². The predicted octanol–water partition coefficient (Wildman–Crippen LogP) is 1.64. The second-order valence-electron chi connectivity index (χ2n) is 3.50. The minimum absolute atomic E-state index is 0.108. The molecule has 2 heterocycles. The third-order valence-electron chi connectivity index (χ3n) is 2.54. The summed E-state index contributed by atoms with van der Waals surface area (Å²) < 4.78 is 6.67. The average Bonchev–Trinajstić information content (AvgIpc) is 2.63. The van der Waals surface area contributed by atoms with Gasteiger partial charge in [-0.1, -0.05) is 0 Å². The van der Waals surface area contributed by atoms with Crippen molar-refractivity contribution >= 4 is 11.8 Å². The molecular formula is C11H13NO3. The van der Waals surface area contributed by atoms with E-state index < -0.39 is 0 Å². The Kier molecular flexibility index (Phi) is 2.58. The third kappa shape index (κ3) is 1.67. The molecule has 0 atom stereocenters. The molecule has 4 nitrogen and oxygen atoms in total. The maximum atomic E-state index is 11.5. The van der Waals surface area contributed by atoms with E-state index in [2.05, 4.69) is 0 Å². The number of rotatable bonds is 2. The van der Waals surface area contributed by atoms with Crippen molar-refractivity contribution in [1.29, 1.82) is 0 Å². The van der Waals surface area contributed by atoms with Gasteiger partial charge in [0.2, 0.25) is 0 Å². The van der Waals surface area contributed by atoms with Gasteiger partial charge in [-0.2, -0.15) is 0 Å². The van der Waals surface area contributed by atoms with E-state index in [1.54, 1.807) is 23.6 Å². The fourth-order valence-electron chi connectivity index (χ4n) is 1.86. The summed E-state index contributed by atoms with van der Waals surface area (Å²) in [7, 11) is 0. The number of esters is 1. The summed E-state index contributed by atoms with van der Waals surface area (Å²) in [4.78, 5) is 23.0. The minimum Gasteiger partial charge on any atom is -0.461 e. The lowest BCUT2D eigenvalue weighted by molar-refractivity contribution is 0.0513. The topological polar surface area (TPSA) is 48.3 Å². The molecule has 1 aliphatic rings. The summed E-state index contributed by atoms with van der Waals surface area (Å²) in [5, 5.41) is 0. The normalized spacial score (nSPS) is 14.9. The minimum atomic E-state index is -0.349. The standard InChI is InChI=1S/C11H13NO3/c1-2-15-11(14)9-6-5-8-10(13)4-3-7-12(8)9/h5-6H,2-4,7H2,1H3. The van der Waals surface area contributed by atoms with Crippen molar-refractivity contribution in [1.82, 2.24) is 4.57 Å². The molecule has 1 aromatic heterocycles. The monoisotopic (exact) mass is 207 g/mol. The molecule has 0 saturated heterocycles. The lowest BCUT2D eigenvalue weighted by atomic mass is 10.1. The van der Waals surface area contributed by atoms with Crippen LogP contribution < -0.4 is 0 Å². The molecule has 0 spiro atoms. The van der Waals surface area contributed by atoms with Crippen LogP contribution in [0.5, 0.6) is 0 Å². The molecule has 1 aromatic rings. The molecule has 0 aliphatic carbocycles. The number of carbonyl (C=O) groups excluding carboxylic acids is 2. The smallest absolute Gasteiger partial charge is 0.354 e. The molecule has 0 N–H and O–H groups in total. The number of aromatic nitrogens is 1. The highest BCUT2D eigenvalue weighted by Gasteiger charge is 2.22. The zero-order valence-electron chi connectivity index (χ0n) is 8.66. The van der Waals surface area contributed by atoms with Crippen LogP contribution in [0.1, 0.15) is 40.7 Å². The molecule has 0 aromatic carbocycles. The van der Waals surface area contributed by atoms with Gasteiger partial charge in [-0.25, -0.2) is 4.79 Å². The van der Waals surface area contributed by atoms with Gasteiger partial charge >= 0.3 is 5.97 Å². The fourth-order valence-corrected chi connectivity index (χ4v) is 1.86. The number of ketones is 1. The fraction of sp³-hybridized carbons (Fsp3) is 0.455. The molecule has 4 heteroatoms. The molecule has 2 rings (SSSR count). The van der Waals surface area contributed by atoms with E-state index in [1.807, 2.05) is 0 Å². The van der Waals surface area contributed by atoms with Gasteiger partial charge < -0.3 is 9.30 Å². The summed E-state index contributed by atoms with van der Waals surface area (Å²) in [5.41, 5.74) is 1.12. The molecule has 0 fully saturated rings. The molecule has 15 heavy (non-hydrogen) atoms. The van der Waals surface area contributed by atoms with Crippen LogP contribution >= 0.6 is 0 Å². The molecule has 0 amide bonds. The summed E-state index contributed by atoms with van der Waals surface area (Å²) in [6, 6.07) is 3.37. The van der Waals surface area contributed by atoms with Gasteiger partial charge in [-0.15, -0.1) is 0 Å². The Morgan fingerprint density at radius 3 is 3.07 bits per heavy atom. The van der Waals surface area contributed by atoms with E-state index in [9.17, 15) is 9.59 Å². The highest BCUT2D eigenvalue weighted by atomic mass is 16.5. The first kappa shape index (κ1) is 9.96. The second-order valence-corrected chi connectivity index (χ2v) is 3.50. The summed E-state index contributed by atoms with van der Waals surface area (Å²) in [6.45, 7) is 2.85. The molecule has 0 radical (unpaired) electrons. The van der Waals surface area contributed by atoms with Gasteiger partial charge in [-0.3, -0.25) is 4.79 Å². The van der Waals surface area contributed by atoms with Crippen molar-refractivity contribution < 1.29 is 14.3 Å². The van der Waals surface area contributed by atoms with E-state index in [1.165, 1.54) is 0 Å². The van der Waals surface area contributed by atoms with Crippen molar-refractivity contribution in [3.05, 3.63) is 23.5 Å². The first-order chi connectivity index (χ1) is 7.24. The lowest BCUT2D eigenvalue weighted by Gasteiger charge is -2.16. The molecular weight excluding hydrogens is 194 g/mol. The van der Waals surface area contributed by atoms with Gasteiger partial charge in [0, 0.05) is 13.0 Å². The van der Waals surface area contributed by atoms with Crippen LogP contribution in [0, 0.1) is 0 Å². The van der Waals surface area contributed by atoms with Crippen LogP contribution in [0.2, 0.25) is 0 Å². The Hall–Kier alpha value is -1.58. The van der Waals surface area contributed by atoms with Crippen LogP contribution in [0.3, 0.4) is 0 Å². The van der Waals surface area contributed by atoms with Crippen molar-refractivity contribution in [2.24, 2.45) is 0 Å². The zero-order valence-corrected chi connectivity index (χ0v) is 8.66. The molecule has 0 unspecified atom stereocenters. The number of hydrogen-bond acceptors (Lipinski definition) is 3. The van der Waals surface area contributed by atoms with E-state index in [0.29, 0.717) is 24.4 Å². The summed E-state index contributed by atoms with van der Waals surface area (Å²) >= 11 is 0. The predicted molar refractivity (Wildman–Crippen MR) is 54.0 cm³/mol. The Morgan fingerprint density at radius 2 is 2.33 bits per heavy atom. The van der Waals surface area contributed by atoms with Crippen LogP contribution in [0.15, 0.2) is 12.1 Å². The zero-order chi connectivity index (χ0) is 10.8. The van der Waals surface area contributed by atoms with E-state index in [0.717, 1.165) is 13.0 Å². The first-order valence-corrected chi connectivity index (χ1v) is 5.14. The largest absolute Gasteiger partial charge is 0.461 e. The van der Waals surface area contributed by atoms with Crippen LogP contribution in [0.4, 0.5) is 0 Å². The number of Topliss-reactive ketones (excluding diaryl/α,β-unsaturated/α-hetero) is 1. The number of hydrogen-bond donors (Lipinski definition) is 0. The Labute approximate surface area is 87.8 Å². The molecule has 0 bridgehead atoms. The Balaban J connectivity index is 2.34. The SMILES string of the molecule is CCOC(=O)c1ccc2n1CCCC2=O. The van der Waals surface area contributed by atoms with Crippen molar-refractivity contribution in [2.45, 2.75) is 26.3 Å². The Bertz CT molecular complexity index is 406. The van der Waals surface area contributed by atoms with Gasteiger partial charge in [0.1, 0.15) is 5.69 Å². The van der Waals surface area contributed by atoms with E-state index in [-0.39, 0.29) is 11.8 Å². The number of carbonyl (C=O) groups is 2. The highest BCUT2D eigenvalue weighted by Crippen LogP contribution is 2.19. The van der Waals surface area contributed by atoms with Gasteiger partial charge in [0.05, 0.1) is 12.3 Å². The number of ether oxygens (including phenoxy) is 1. The van der Waals surface area contributed by atoms with Crippen molar-refractivity contribution in [3.8, 4) is 0 Å². The summed E-state index contributed by atoms with van der Waals surface area (Å²) in [5.74, 6) is -0.241. The third-order valence-corrected chi connectivity index (χ3v) is 2.54.